The van der Waals surface area contributed by atoms with Crippen molar-refractivity contribution in [3.8, 4) is 0 Å². The first-order valence-electron chi connectivity index (χ1n) is 6.53. The molecule has 0 bridgehead atoms. The number of aryl methyl sites for hydroxylation is 1. The van der Waals surface area contributed by atoms with Crippen LogP contribution < -0.4 is 4.90 Å². The third kappa shape index (κ3) is 2.27. The number of benzene rings is 2. The maximum atomic E-state index is 12.6. The van der Waals surface area contributed by atoms with Gasteiger partial charge in [-0.3, -0.25) is 9.00 Å². The Labute approximate surface area is 120 Å². The van der Waals surface area contributed by atoms with Crippen molar-refractivity contribution in [2.24, 2.45) is 0 Å². The van der Waals surface area contributed by atoms with Gasteiger partial charge in [0.1, 0.15) is 0 Å². The standard InChI is InChI=1S/C16H15NO2S/c1-12-5-4-6-13(11-12)16(18)17-9-10-20(19)15-8-3-2-7-14(15)17/h2-8,11H,9-10H2,1H3. The first-order chi connectivity index (χ1) is 9.66. The summed E-state index contributed by atoms with van der Waals surface area (Å²) in [5.41, 5.74) is 2.50. The van der Waals surface area contributed by atoms with Crippen molar-refractivity contribution in [1.82, 2.24) is 0 Å². The van der Waals surface area contributed by atoms with Gasteiger partial charge in [-0.15, -0.1) is 0 Å². The van der Waals surface area contributed by atoms with E-state index in [1.165, 1.54) is 0 Å². The van der Waals surface area contributed by atoms with Gasteiger partial charge in [0.05, 0.1) is 21.4 Å². The summed E-state index contributed by atoms with van der Waals surface area (Å²) in [4.78, 5) is 15.1. The van der Waals surface area contributed by atoms with Gasteiger partial charge < -0.3 is 4.90 Å². The van der Waals surface area contributed by atoms with Gasteiger partial charge in [0.15, 0.2) is 0 Å². The predicted octanol–water partition coefficient (Wildman–Crippen LogP) is 2.76. The van der Waals surface area contributed by atoms with E-state index in [9.17, 15) is 9.00 Å². The Balaban J connectivity index is 2.01. The van der Waals surface area contributed by atoms with Crippen LogP contribution in [0.5, 0.6) is 0 Å². The molecule has 4 heteroatoms. The molecule has 0 fully saturated rings. The highest BCUT2D eigenvalue weighted by molar-refractivity contribution is 7.85. The zero-order valence-electron chi connectivity index (χ0n) is 11.2. The molecule has 0 spiro atoms. The highest BCUT2D eigenvalue weighted by Crippen LogP contribution is 2.29. The largest absolute Gasteiger partial charge is 0.306 e. The lowest BCUT2D eigenvalue weighted by atomic mass is 10.1. The van der Waals surface area contributed by atoms with E-state index in [0.717, 1.165) is 16.1 Å². The van der Waals surface area contributed by atoms with Crippen molar-refractivity contribution >= 4 is 22.4 Å². The Morgan fingerprint density at radius 2 is 1.95 bits per heavy atom. The number of hydrogen-bond acceptors (Lipinski definition) is 2. The Bertz CT molecular complexity index is 696. The van der Waals surface area contributed by atoms with Crippen LogP contribution in [0.3, 0.4) is 0 Å². The molecule has 102 valence electrons. The number of para-hydroxylation sites is 1. The fraction of sp³-hybridized carbons (Fsp3) is 0.188. The summed E-state index contributed by atoms with van der Waals surface area (Å²) in [6.07, 6.45) is 0. The molecule has 0 aliphatic carbocycles. The second-order valence-corrected chi connectivity index (χ2v) is 6.38. The van der Waals surface area contributed by atoms with Crippen molar-refractivity contribution < 1.29 is 9.00 Å². The smallest absolute Gasteiger partial charge is 0.258 e. The molecule has 0 aromatic heterocycles. The monoisotopic (exact) mass is 285 g/mol. The minimum atomic E-state index is -1.01. The summed E-state index contributed by atoms with van der Waals surface area (Å²) < 4.78 is 12.0. The van der Waals surface area contributed by atoms with Gasteiger partial charge in [-0.2, -0.15) is 0 Å². The highest BCUT2D eigenvalue weighted by Gasteiger charge is 2.26. The second kappa shape index (κ2) is 5.21. The summed E-state index contributed by atoms with van der Waals surface area (Å²) in [5, 5.41) is 0. The van der Waals surface area contributed by atoms with Crippen molar-refractivity contribution in [2.75, 3.05) is 17.2 Å². The van der Waals surface area contributed by atoms with E-state index in [4.69, 9.17) is 0 Å². The number of nitrogens with zero attached hydrogens (tertiary/aromatic N) is 1. The number of carbonyl (C=O) groups is 1. The first kappa shape index (κ1) is 13.1. The van der Waals surface area contributed by atoms with E-state index >= 15 is 0 Å². The Hall–Kier alpha value is -1.94. The number of fused-ring (bicyclic) bond motifs is 1. The molecule has 1 amide bonds. The lowest BCUT2D eigenvalue weighted by Crippen LogP contribution is -2.38. The van der Waals surface area contributed by atoms with E-state index in [-0.39, 0.29) is 5.91 Å². The van der Waals surface area contributed by atoms with E-state index in [0.29, 0.717) is 17.9 Å². The van der Waals surface area contributed by atoms with Crippen LogP contribution in [0.25, 0.3) is 0 Å². The molecule has 3 rings (SSSR count). The summed E-state index contributed by atoms with van der Waals surface area (Å²) in [5.74, 6) is 0.465. The Morgan fingerprint density at radius 3 is 2.75 bits per heavy atom. The molecule has 20 heavy (non-hydrogen) atoms. The van der Waals surface area contributed by atoms with Crippen molar-refractivity contribution in [1.29, 1.82) is 0 Å². The number of rotatable bonds is 1. The summed E-state index contributed by atoms with van der Waals surface area (Å²) in [7, 11) is -1.01. The Morgan fingerprint density at radius 1 is 1.15 bits per heavy atom. The van der Waals surface area contributed by atoms with Gasteiger partial charge in [0, 0.05) is 17.9 Å². The number of amides is 1. The van der Waals surface area contributed by atoms with Crippen molar-refractivity contribution in [2.45, 2.75) is 11.8 Å². The minimum Gasteiger partial charge on any atom is -0.306 e. The van der Waals surface area contributed by atoms with Crippen LogP contribution in [0.4, 0.5) is 5.69 Å². The highest BCUT2D eigenvalue weighted by atomic mass is 32.2. The zero-order valence-corrected chi connectivity index (χ0v) is 12.0. The SMILES string of the molecule is Cc1cccc(C(=O)N2CCS(=O)c3ccccc32)c1. The molecule has 0 radical (unpaired) electrons. The zero-order chi connectivity index (χ0) is 14.1. The van der Waals surface area contributed by atoms with Crippen LogP contribution >= 0.6 is 0 Å². The third-order valence-electron chi connectivity index (χ3n) is 3.41. The lowest BCUT2D eigenvalue weighted by Gasteiger charge is -2.29. The number of carbonyl (C=O) groups excluding carboxylic acids is 1. The van der Waals surface area contributed by atoms with E-state index in [2.05, 4.69) is 0 Å². The molecule has 0 saturated heterocycles. The van der Waals surface area contributed by atoms with Crippen LogP contribution in [-0.4, -0.2) is 22.4 Å². The van der Waals surface area contributed by atoms with E-state index in [1.807, 2.05) is 55.5 Å². The first-order valence-corrected chi connectivity index (χ1v) is 7.84. The predicted molar refractivity (Wildman–Crippen MR) is 80.6 cm³/mol. The fourth-order valence-electron chi connectivity index (χ4n) is 2.42. The molecular formula is C16H15NO2S. The summed E-state index contributed by atoms with van der Waals surface area (Å²) in [6, 6.07) is 15.0. The molecule has 2 aromatic rings. The molecule has 1 aliphatic heterocycles. The average molecular weight is 285 g/mol. The molecule has 0 saturated carbocycles. The van der Waals surface area contributed by atoms with E-state index in [1.54, 1.807) is 4.90 Å². The van der Waals surface area contributed by atoms with Gasteiger partial charge in [-0.05, 0) is 31.2 Å². The normalized spacial score (nSPS) is 17.6. The van der Waals surface area contributed by atoms with Crippen LogP contribution in [0, 0.1) is 6.92 Å². The molecule has 1 aliphatic rings. The maximum absolute atomic E-state index is 12.6. The van der Waals surface area contributed by atoms with Crippen molar-refractivity contribution in [3.05, 3.63) is 59.7 Å². The molecule has 2 aromatic carbocycles. The lowest BCUT2D eigenvalue weighted by molar-refractivity contribution is 0.0987. The average Bonchev–Trinajstić information content (AvgIpc) is 2.47. The quantitative estimate of drug-likeness (QED) is 0.808. The molecule has 3 nitrogen and oxygen atoms in total. The van der Waals surface area contributed by atoms with Crippen LogP contribution in [0.1, 0.15) is 15.9 Å². The maximum Gasteiger partial charge on any atom is 0.258 e. The van der Waals surface area contributed by atoms with Crippen LogP contribution in [0.2, 0.25) is 0 Å². The minimum absolute atomic E-state index is 0.0298. The number of hydrogen-bond donors (Lipinski definition) is 0. The van der Waals surface area contributed by atoms with E-state index < -0.39 is 10.8 Å². The van der Waals surface area contributed by atoms with Crippen LogP contribution in [0.15, 0.2) is 53.4 Å². The molecule has 1 atom stereocenters. The van der Waals surface area contributed by atoms with Gasteiger partial charge >= 0.3 is 0 Å². The summed E-state index contributed by atoms with van der Waals surface area (Å²) >= 11 is 0. The molecule has 0 N–H and O–H groups in total. The van der Waals surface area contributed by atoms with Gasteiger partial charge in [-0.1, -0.05) is 29.8 Å². The van der Waals surface area contributed by atoms with Gasteiger partial charge in [0.25, 0.3) is 5.91 Å². The van der Waals surface area contributed by atoms with Crippen molar-refractivity contribution in [3.63, 3.8) is 0 Å². The third-order valence-corrected chi connectivity index (χ3v) is 4.80. The molecule has 1 unspecified atom stereocenters. The van der Waals surface area contributed by atoms with Gasteiger partial charge in [0.2, 0.25) is 0 Å². The fourth-order valence-corrected chi connectivity index (χ4v) is 3.63. The summed E-state index contributed by atoms with van der Waals surface area (Å²) in [6.45, 7) is 2.46. The Kier molecular flexibility index (Phi) is 3.40. The number of anilines is 1. The molecule has 1 heterocycles. The second-order valence-electron chi connectivity index (χ2n) is 4.84. The van der Waals surface area contributed by atoms with Gasteiger partial charge in [-0.25, -0.2) is 0 Å². The van der Waals surface area contributed by atoms with Crippen LogP contribution in [-0.2, 0) is 10.8 Å². The molecular weight excluding hydrogens is 270 g/mol. The topological polar surface area (TPSA) is 37.4 Å².